The maximum atomic E-state index is 10.3. The van der Waals surface area contributed by atoms with Crippen LogP contribution in [0.15, 0.2) is 90.7 Å². The molecule has 3 N–H and O–H groups in total. The summed E-state index contributed by atoms with van der Waals surface area (Å²) >= 11 is 1.41. The first kappa shape index (κ1) is 25.7. The lowest BCUT2D eigenvalue weighted by molar-refractivity contribution is 0.0591. The van der Waals surface area contributed by atoms with Gasteiger partial charge in [0.25, 0.3) is 0 Å². The standard InChI is InChI=1S/C30H28N8OS/c1-19-23(8-9-26-25(19)16-35-38(26)18-30(2,3)39)29-24-14-27(34-15-20(24)10-11-33-29)36-21-4-6-22(7-5-21)37-40-28-17-31-12-13-32-28/h4-17,37,39H,18H2,1-3H3,(H,34,36). The summed E-state index contributed by atoms with van der Waals surface area (Å²) in [6.07, 6.45) is 10.6. The van der Waals surface area contributed by atoms with Crippen LogP contribution >= 0.6 is 11.9 Å². The normalized spacial score (nSPS) is 11.7. The molecule has 6 rings (SSSR count). The molecule has 0 atom stereocenters. The van der Waals surface area contributed by atoms with Gasteiger partial charge in [0.15, 0.2) is 0 Å². The van der Waals surface area contributed by atoms with Gasteiger partial charge in [-0.2, -0.15) is 5.10 Å². The molecule has 0 aliphatic heterocycles. The van der Waals surface area contributed by atoms with Crippen molar-refractivity contribution in [2.75, 3.05) is 10.0 Å². The van der Waals surface area contributed by atoms with Crippen LogP contribution in [0.1, 0.15) is 19.4 Å². The molecule has 0 fully saturated rings. The van der Waals surface area contributed by atoms with Gasteiger partial charge in [0.2, 0.25) is 0 Å². The van der Waals surface area contributed by atoms with Gasteiger partial charge >= 0.3 is 0 Å². The molecule has 40 heavy (non-hydrogen) atoms. The number of hydrogen-bond donors (Lipinski definition) is 3. The maximum Gasteiger partial charge on any atom is 0.135 e. The van der Waals surface area contributed by atoms with Gasteiger partial charge in [-0.3, -0.25) is 14.6 Å². The van der Waals surface area contributed by atoms with Crippen molar-refractivity contribution in [3.8, 4) is 11.3 Å². The summed E-state index contributed by atoms with van der Waals surface area (Å²) in [7, 11) is 0. The van der Waals surface area contributed by atoms with E-state index in [0.29, 0.717) is 6.54 Å². The van der Waals surface area contributed by atoms with E-state index < -0.39 is 5.60 Å². The highest BCUT2D eigenvalue weighted by Gasteiger charge is 2.18. The Labute approximate surface area is 235 Å². The largest absolute Gasteiger partial charge is 0.389 e. The summed E-state index contributed by atoms with van der Waals surface area (Å²) in [4.78, 5) is 17.7. The number of aliphatic hydroxyl groups is 1. The van der Waals surface area contributed by atoms with Gasteiger partial charge in [0.05, 0.1) is 35.8 Å². The Hall–Kier alpha value is -4.54. The molecule has 6 aromatic rings. The fourth-order valence-electron chi connectivity index (χ4n) is 4.61. The van der Waals surface area contributed by atoms with Crippen molar-refractivity contribution in [1.82, 2.24) is 29.7 Å². The zero-order valence-corrected chi connectivity index (χ0v) is 23.1. The van der Waals surface area contributed by atoms with Crippen molar-refractivity contribution in [3.63, 3.8) is 0 Å². The number of hydrogen-bond acceptors (Lipinski definition) is 9. The number of benzene rings is 2. The molecule has 0 saturated heterocycles. The van der Waals surface area contributed by atoms with E-state index in [9.17, 15) is 5.11 Å². The molecule has 0 aliphatic rings. The van der Waals surface area contributed by atoms with E-state index >= 15 is 0 Å². The lowest BCUT2D eigenvalue weighted by Gasteiger charge is -2.18. The van der Waals surface area contributed by atoms with Gasteiger partial charge in [0.1, 0.15) is 10.8 Å². The number of fused-ring (bicyclic) bond motifs is 2. The quantitative estimate of drug-likeness (QED) is 0.186. The molecule has 0 saturated carbocycles. The minimum Gasteiger partial charge on any atom is -0.389 e. The molecule has 9 nitrogen and oxygen atoms in total. The smallest absolute Gasteiger partial charge is 0.135 e. The van der Waals surface area contributed by atoms with Crippen LogP contribution in [0.3, 0.4) is 0 Å². The van der Waals surface area contributed by atoms with Gasteiger partial charge in [-0.1, -0.05) is 6.07 Å². The topological polar surface area (TPSA) is 114 Å². The van der Waals surface area contributed by atoms with E-state index in [-0.39, 0.29) is 0 Å². The van der Waals surface area contributed by atoms with E-state index in [4.69, 9.17) is 4.98 Å². The Morgan fingerprint density at radius 2 is 1.70 bits per heavy atom. The van der Waals surface area contributed by atoms with Crippen LogP contribution in [-0.2, 0) is 6.54 Å². The van der Waals surface area contributed by atoms with Crippen LogP contribution in [0.4, 0.5) is 17.2 Å². The SMILES string of the molecule is Cc1c(-c2nccc3cnc(Nc4ccc(NSc5cnccn5)cc4)cc23)ccc2c1cnn2CC(C)(C)O. The van der Waals surface area contributed by atoms with Crippen LogP contribution in [0.25, 0.3) is 32.9 Å². The first-order valence-corrected chi connectivity index (χ1v) is 13.6. The van der Waals surface area contributed by atoms with Crippen LogP contribution in [0.2, 0.25) is 0 Å². The zero-order chi connectivity index (χ0) is 27.7. The van der Waals surface area contributed by atoms with E-state index in [1.165, 1.54) is 11.9 Å². The molecular weight excluding hydrogens is 520 g/mol. The first-order valence-electron chi connectivity index (χ1n) is 12.8. The second-order valence-corrected chi connectivity index (χ2v) is 11.0. The van der Waals surface area contributed by atoms with Crippen molar-refractivity contribution in [1.29, 1.82) is 0 Å². The van der Waals surface area contributed by atoms with Gasteiger partial charge in [-0.25, -0.2) is 9.97 Å². The van der Waals surface area contributed by atoms with Crippen LogP contribution in [0.5, 0.6) is 0 Å². The Kier molecular flexibility index (Phi) is 6.79. The third-order valence-electron chi connectivity index (χ3n) is 6.51. The van der Waals surface area contributed by atoms with Crippen LogP contribution in [0, 0.1) is 6.92 Å². The second-order valence-electron chi connectivity index (χ2n) is 10.2. The van der Waals surface area contributed by atoms with Crippen molar-refractivity contribution in [2.24, 2.45) is 0 Å². The van der Waals surface area contributed by atoms with Crippen molar-refractivity contribution < 1.29 is 5.11 Å². The Bertz CT molecular complexity index is 1800. The zero-order valence-electron chi connectivity index (χ0n) is 22.3. The summed E-state index contributed by atoms with van der Waals surface area (Å²) in [5.41, 5.74) is 5.02. The molecule has 0 aliphatic carbocycles. The van der Waals surface area contributed by atoms with Gasteiger partial charge < -0.3 is 15.1 Å². The number of aryl methyl sites for hydroxylation is 1. The molecular formula is C30H28N8OS. The minimum atomic E-state index is -0.855. The van der Waals surface area contributed by atoms with Crippen molar-refractivity contribution >= 4 is 50.8 Å². The minimum absolute atomic E-state index is 0.417. The predicted octanol–water partition coefficient (Wildman–Crippen LogP) is 6.38. The lowest BCUT2D eigenvalue weighted by Crippen LogP contribution is -2.26. The number of nitrogens with one attached hydrogen (secondary N) is 2. The number of pyridine rings is 2. The van der Waals surface area contributed by atoms with Crippen molar-refractivity contribution in [3.05, 3.63) is 91.3 Å². The molecule has 0 amide bonds. The predicted molar refractivity (Wildman–Crippen MR) is 161 cm³/mol. The first-order chi connectivity index (χ1) is 19.3. The van der Waals surface area contributed by atoms with Gasteiger partial charge in [0, 0.05) is 69.8 Å². The monoisotopic (exact) mass is 548 g/mol. The van der Waals surface area contributed by atoms with E-state index in [2.05, 4.69) is 49.1 Å². The Morgan fingerprint density at radius 3 is 2.48 bits per heavy atom. The Morgan fingerprint density at radius 1 is 0.875 bits per heavy atom. The average molecular weight is 549 g/mol. The maximum absolute atomic E-state index is 10.3. The van der Waals surface area contributed by atoms with Crippen LogP contribution in [-0.4, -0.2) is 40.4 Å². The lowest BCUT2D eigenvalue weighted by atomic mass is 9.98. The third kappa shape index (κ3) is 5.45. The van der Waals surface area contributed by atoms with Crippen LogP contribution < -0.4 is 10.0 Å². The average Bonchev–Trinajstić information content (AvgIpc) is 3.35. The summed E-state index contributed by atoms with van der Waals surface area (Å²) < 4.78 is 5.13. The summed E-state index contributed by atoms with van der Waals surface area (Å²) in [6, 6.07) is 16.1. The van der Waals surface area contributed by atoms with E-state index in [1.54, 1.807) is 32.4 Å². The molecule has 2 aromatic carbocycles. The summed E-state index contributed by atoms with van der Waals surface area (Å²) in [5.74, 6) is 0.730. The molecule has 10 heteroatoms. The summed E-state index contributed by atoms with van der Waals surface area (Å²) in [6.45, 7) is 6.08. The number of nitrogens with zero attached hydrogens (tertiary/aromatic N) is 6. The molecule has 4 aromatic heterocycles. The fourth-order valence-corrected chi connectivity index (χ4v) is 5.19. The molecule has 0 radical (unpaired) electrons. The highest BCUT2D eigenvalue weighted by molar-refractivity contribution is 8.00. The fraction of sp³-hybridized carbons (Fsp3) is 0.167. The Balaban J connectivity index is 1.26. The number of anilines is 3. The molecule has 200 valence electrons. The highest BCUT2D eigenvalue weighted by atomic mass is 32.2. The molecule has 0 spiro atoms. The highest BCUT2D eigenvalue weighted by Crippen LogP contribution is 2.34. The number of rotatable bonds is 8. The van der Waals surface area contributed by atoms with E-state index in [0.717, 1.165) is 60.7 Å². The molecule has 4 heterocycles. The number of aromatic nitrogens is 6. The second kappa shape index (κ2) is 10.6. The van der Waals surface area contributed by atoms with E-state index in [1.807, 2.05) is 59.7 Å². The van der Waals surface area contributed by atoms with Crippen molar-refractivity contribution in [2.45, 2.75) is 37.9 Å². The van der Waals surface area contributed by atoms with Gasteiger partial charge in [-0.15, -0.1) is 0 Å². The summed E-state index contributed by atoms with van der Waals surface area (Å²) in [5, 5.41) is 22.1. The third-order valence-corrected chi connectivity index (χ3v) is 7.26. The molecule has 0 bridgehead atoms. The molecule has 0 unspecified atom stereocenters. The van der Waals surface area contributed by atoms with Gasteiger partial charge in [-0.05, 0) is 68.8 Å².